The van der Waals surface area contributed by atoms with Crippen molar-refractivity contribution in [1.29, 1.82) is 0 Å². The van der Waals surface area contributed by atoms with Crippen LogP contribution in [0.5, 0.6) is 0 Å². The van der Waals surface area contributed by atoms with Crippen LogP contribution in [-0.4, -0.2) is 15.4 Å². The van der Waals surface area contributed by atoms with Gasteiger partial charge >= 0.3 is 0 Å². The minimum atomic E-state index is 0.683. The second-order valence-corrected chi connectivity index (χ2v) is 3.50. The molecule has 0 unspecified atom stereocenters. The van der Waals surface area contributed by atoms with Crippen LogP contribution >= 0.6 is 0 Å². The fraction of sp³-hybridized carbons (Fsp3) is 0.300. The first-order valence-electron chi connectivity index (χ1n) is 4.62. The van der Waals surface area contributed by atoms with Gasteiger partial charge < -0.3 is 9.72 Å². The second-order valence-electron chi connectivity index (χ2n) is 3.50. The van der Waals surface area contributed by atoms with Gasteiger partial charge in [-0.05, 0) is 25.0 Å². The number of nitrogens with one attached hydrogen (secondary N) is 1. The lowest BCUT2D eigenvalue weighted by atomic mass is 10.4. The van der Waals surface area contributed by atoms with Crippen molar-refractivity contribution in [3.05, 3.63) is 30.7 Å². The molecule has 1 fully saturated rings. The fourth-order valence-electron chi connectivity index (χ4n) is 1.51. The average molecular weight is 173 g/mol. The molecule has 0 atom stereocenters. The Labute approximate surface area is 76.4 Å². The molecule has 0 bridgehead atoms. The van der Waals surface area contributed by atoms with Crippen molar-refractivity contribution in [2.24, 2.45) is 0 Å². The van der Waals surface area contributed by atoms with Crippen molar-refractivity contribution < 1.29 is 0 Å². The lowest BCUT2D eigenvalue weighted by Crippen LogP contribution is -2.02. The first-order chi connectivity index (χ1) is 6.43. The number of anilines is 1. The van der Waals surface area contributed by atoms with E-state index >= 15 is 0 Å². The van der Waals surface area contributed by atoms with Gasteiger partial charge in [0.15, 0.2) is 5.65 Å². The lowest BCUT2D eigenvalue weighted by Gasteiger charge is -2.04. The minimum absolute atomic E-state index is 0.683. The van der Waals surface area contributed by atoms with Gasteiger partial charge in [-0.15, -0.1) is 0 Å². The molecule has 2 heterocycles. The predicted molar refractivity (Wildman–Crippen MR) is 51.8 cm³/mol. The van der Waals surface area contributed by atoms with Crippen LogP contribution in [0.3, 0.4) is 0 Å². The molecule has 1 aliphatic carbocycles. The third-order valence-corrected chi connectivity index (χ3v) is 2.36. The normalized spacial score (nSPS) is 16.3. The van der Waals surface area contributed by atoms with Gasteiger partial charge in [-0.2, -0.15) is 0 Å². The van der Waals surface area contributed by atoms with E-state index < -0.39 is 0 Å². The van der Waals surface area contributed by atoms with E-state index in [0.717, 1.165) is 11.3 Å². The third-order valence-electron chi connectivity index (χ3n) is 2.36. The Morgan fingerprint density at radius 2 is 2.31 bits per heavy atom. The minimum Gasteiger partial charge on any atom is -0.379 e. The number of nitrogens with zero attached hydrogens (tertiary/aromatic N) is 2. The van der Waals surface area contributed by atoms with Crippen LogP contribution in [-0.2, 0) is 0 Å². The number of rotatable bonds is 2. The van der Waals surface area contributed by atoms with Crippen molar-refractivity contribution in [2.75, 3.05) is 5.32 Å². The molecule has 3 heteroatoms. The topological polar surface area (TPSA) is 29.3 Å². The van der Waals surface area contributed by atoms with Crippen LogP contribution in [0.2, 0.25) is 0 Å². The molecule has 0 aliphatic heterocycles. The summed E-state index contributed by atoms with van der Waals surface area (Å²) < 4.78 is 2.03. The molecular formula is C10H11N3. The number of hydrogen-bond acceptors (Lipinski definition) is 2. The van der Waals surface area contributed by atoms with E-state index in [-0.39, 0.29) is 0 Å². The lowest BCUT2D eigenvalue weighted by molar-refractivity contribution is 1.13. The summed E-state index contributed by atoms with van der Waals surface area (Å²) >= 11 is 0. The molecule has 2 aromatic heterocycles. The van der Waals surface area contributed by atoms with Crippen molar-refractivity contribution in [2.45, 2.75) is 18.9 Å². The molecule has 13 heavy (non-hydrogen) atoms. The Morgan fingerprint density at radius 1 is 1.38 bits per heavy atom. The van der Waals surface area contributed by atoms with E-state index in [1.165, 1.54) is 12.8 Å². The number of imidazole rings is 1. The largest absolute Gasteiger partial charge is 0.379 e. The molecule has 2 aromatic rings. The van der Waals surface area contributed by atoms with Gasteiger partial charge in [0.05, 0.1) is 5.69 Å². The molecule has 66 valence electrons. The van der Waals surface area contributed by atoms with Gasteiger partial charge in [0, 0.05) is 24.6 Å². The van der Waals surface area contributed by atoms with Crippen LogP contribution < -0.4 is 5.32 Å². The third kappa shape index (κ3) is 1.16. The molecule has 0 amide bonds. The molecule has 0 spiro atoms. The average Bonchev–Trinajstić information content (AvgIpc) is 2.83. The molecule has 3 rings (SSSR count). The van der Waals surface area contributed by atoms with Crippen LogP contribution in [0.4, 0.5) is 5.69 Å². The smallest absolute Gasteiger partial charge is 0.160 e. The van der Waals surface area contributed by atoms with Crippen LogP contribution in [0.15, 0.2) is 30.7 Å². The maximum absolute atomic E-state index is 4.30. The highest BCUT2D eigenvalue weighted by atomic mass is 15.0. The summed E-state index contributed by atoms with van der Waals surface area (Å²) in [5, 5.41) is 3.46. The Morgan fingerprint density at radius 3 is 3.15 bits per heavy atom. The van der Waals surface area contributed by atoms with Crippen molar-refractivity contribution in [3.8, 4) is 0 Å². The van der Waals surface area contributed by atoms with Gasteiger partial charge in [-0.1, -0.05) is 0 Å². The molecule has 1 N–H and O–H groups in total. The van der Waals surface area contributed by atoms with E-state index in [4.69, 9.17) is 0 Å². The van der Waals surface area contributed by atoms with E-state index in [2.05, 4.69) is 16.4 Å². The molecule has 1 aliphatic rings. The van der Waals surface area contributed by atoms with Crippen molar-refractivity contribution in [1.82, 2.24) is 9.38 Å². The number of aromatic nitrogens is 2. The summed E-state index contributed by atoms with van der Waals surface area (Å²) in [7, 11) is 0. The second kappa shape index (κ2) is 2.49. The Bertz CT molecular complexity index is 428. The zero-order valence-corrected chi connectivity index (χ0v) is 7.27. The first kappa shape index (κ1) is 6.95. The number of fused-ring (bicyclic) bond motifs is 1. The zero-order valence-electron chi connectivity index (χ0n) is 7.27. The summed E-state index contributed by atoms with van der Waals surface area (Å²) in [4.78, 5) is 4.30. The van der Waals surface area contributed by atoms with E-state index in [9.17, 15) is 0 Å². The van der Waals surface area contributed by atoms with E-state index in [1.54, 1.807) is 0 Å². The quantitative estimate of drug-likeness (QED) is 0.751. The molecular weight excluding hydrogens is 162 g/mol. The predicted octanol–water partition coefficient (Wildman–Crippen LogP) is 1.91. The van der Waals surface area contributed by atoms with Crippen molar-refractivity contribution in [3.63, 3.8) is 0 Å². The zero-order chi connectivity index (χ0) is 8.67. The van der Waals surface area contributed by atoms with Crippen molar-refractivity contribution >= 4 is 11.3 Å². The number of pyridine rings is 1. The van der Waals surface area contributed by atoms with E-state index in [0.29, 0.717) is 6.04 Å². The summed E-state index contributed by atoms with van der Waals surface area (Å²) in [5.41, 5.74) is 2.17. The fourth-order valence-corrected chi connectivity index (χ4v) is 1.51. The summed E-state index contributed by atoms with van der Waals surface area (Å²) in [5.74, 6) is 0. The summed E-state index contributed by atoms with van der Waals surface area (Å²) in [6.45, 7) is 0. The molecule has 0 aromatic carbocycles. The molecule has 0 saturated heterocycles. The van der Waals surface area contributed by atoms with Gasteiger partial charge in [-0.25, -0.2) is 4.98 Å². The first-order valence-corrected chi connectivity index (χ1v) is 4.62. The summed E-state index contributed by atoms with van der Waals surface area (Å²) in [6.07, 6.45) is 8.39. The highest BCUT2D eigenvalue weighted by Gasteiger charge is 2.21. The Kier molecular flexibility index (Phi) is 1.33. The standard InChI is InChI=1S/C10H11N3/c1-2-9(12-8-3-4-8)10-11-5-7-13(10)6-1/h1-2,5-8,12H,3-4H2. The Hall–Kier alpha value is -1.51. The van der Waals surface area contributed by atoms with Gasteiger partial charge in [0.1, 0.15) is 0 Å². The number of hydrogen-bond donors (Lipinski definition) is 1. The molecule has 0 radical (unpaired) electrons. The molecule has 3 nitrogen and oxygen atoms in total. The van der Waals surface area contributed by atoms with Crippen LogP contribution in [0, 0.1) is 0 Å². The van der Waals surface area contributed by atoms with E-state index in [1.807, 2.05) is 29.1 Å². The Balaban J connectivity index is 2.09. The monoisotopic (exact) mass is 173 g/mol. The van der Waals surface area contributed by atoms with Gasteiger partial charge in [0.2, 0.25) is 0 Å². The highest BCUT2D eigenvalue weighted by Crippen LogP contribution is 2.26. The highest BCUT2D eigenvalue weighted by molar-refractivity contribution is 5.67. The van der Waals surface area contributed by atoms with Gasteiger partial charge in [0.25, 0.3) is 0 Å². The SMILES string of the molecule is c1cc(NC2CC2)c2nccn2c1. The van der Waals surface area contributed by atoms with Crippen LogP contribution in [0.1, 0.15) is 12.8 Å². The molecule has 1 saturated carbocycles. The maximum Gasteiger partial charge on any atom is 0.160 e. The van der Waals surface area contributed by atoms with Gasteiger partial charge in [-0.3, -0.25) is 0 Å². The summed E-state index contributed by atoms with van der Waals surface area (Å²) in [6, 6.07) is 4.81. The van der Waals surface area contributed by atoms with Crippen LogP contribution in [0.25, 0.3) is 5.65 Å². The maximum atomic E-state index is 4.30.